The second kappa shape index (κ2) is 7.08. The van der Waals surface area contributed by atoms with Crippen molar-refractivity contribution in [2.75, 3.05) is 7.11 Å². The molecule has 0 aliphatic rings. The van der Waals surface area contributed by atoms with Crippen molar-refractivity contribution >= 4 is 15.9 Å². The molecule has 2 aromatic carbocycles. The van der Waals surface area contributed by atoms with Crippen molar-refractivity contribution in [2.24, 2.45) is 0 Å². The maximum atomic E-state index is 13.5. The number of benzene rings is 2. The van der Waals surface area contributed by atoms with E-state index < -0.39 is 0 Å². The number of rotatable bonds is 5. The molecule has 112 valence electrons. The van der Waals surface area contributed by atoms with E-state index in [4.69, 9.17) is 4.74 Å². The summed E-state index contributed by atoms with van der Waals surface area (Å²) in [7, 11) is 1.48. The van der Waals surface area contributed by atoms with Crippen molar-refractivity contribution in [3.63, 3.8) is 0 Å². The normalized spacial score (nSPS) is 13.8. The van der Waals surface area contributed by atoms with Crippen molar-refractivity contribution in [1.29, 1.82) is 0 Å². The monoisotopic (exact) mass is 350 g/mol. The maximum absolute atomic E-state index is 13.5. The molecular formula is C18H20BrFO. The summed E-state index contributed by atoms with van der Waals surface area (Å²) in [5, 5.41) is 0. The zero-order valence-electron chi connectivity index (χ0n) is 12.6. The molecule has 2 rings (SSSR count). The van der Waals surface area contributed by atoms with Crippen molar-refractivity contribution in [2.45, 2.75) is 31.0 Å². The van der Waals surface area contributed by atoms with Gasteiger partial charge in [-0.05, 0) is 41.2 Å². The highest BCUT2D eigenvalue weighted by Crippen LogP contribution is 2.34. The Kier molecular flexibility index (Phi) is 5.40. The van der Waals surface area contributed by atoms with Crippen LogP contribution in [0, 0.1) is 5.82 Å². The van der Waals surface area contributed by atoms with Gasteiger partial charge in [0.05, 0.1) is 11.9 Å². The van der Waals surface area contributed by atoms with Crippen molar-refractivity contribution in [1.82, 2.24) is 0 Å². The molecule has 0 bridgehead atoms. The van der Waals surface area contributed by atoms with E-state index in [9.17, 15) is 4.39 Å². The van der Waals surface area contributed by atoms with E-state index in [1.165, 1.54) is 18.7 Å². The number of methoxy groups -OCH3 is 1. The lowest BCUT2D eigenvalue weighted by molar-refractivity contribution is 0.386. The number of hydrogen-bond acceptors (Lipinski definition) is 1. The van der Waals surface area contributed by atoms with Gasteiger partial charge in [-0.3, -0.25) is 0 Å². The lowest BCUT2D eigenvalue weighted by atomic mass is 9.96. The van der Waals surface area contributed by atoms with Crippen molar-refractivity contribution < 1.29 is 9.13 Å². The van der Waals surface area contributed by atoms with Crippen LogP contribution in [0.5, 0.6) is 5.75 Å². The third-order valence-corrected chi connectivity index (χ3v) is 4.94. The lowest BCUT2D eigenvalue weighted by Gasteiger charge is -2.14. The van der Waals surface area contributed by atoms with Gasteiger partial charge in [-0.1, -0.05) is 60.1 Å². The Morgan fingerprint density at radius 2 is 1.62 bits per heavy atom. The number of alkyl halides is 1. The molecule has 0 saturated carbocycles. The molecule has 0 fully saturated rings. The van der Waals surface area contributed by atoms with Gasteiger partial charge in [-0.15, -0.1) is 0 Å². The Balaban J connectivity index is 2.25. The van der Waals surface area contributed by atoms with Crippen LogP contribution < -0.4 is 4.74 Å². The standard InChI is InChI=1S/C18H20BrFO/c1-4-12(2)13-5-7-14(8-6-13)18(19)15-9-10-16(20)17(11-15)21-3/h5-12,18H,4H2,1-3H3. The molecule has 21 heavy (non-hydrogen) atoms. The van der Waals surface area contributed by atoms with Crippen LogP contribution in [0.4, 0.5) is 4.39 Å². The van der Waals surface area contributed by atoms with Crippen LogP contribution in [-0.4, -0.2) is 7.11 Å². The predicted octanol–water partition coefficient (Wildman–Crippen LogP) is 5.83. The van der Waals surface area contributed by atoms with E-state index in [1.807, 2.05) is 0 Å². The molecule has 0 spiro atoms. The summed E-state index contributed by atoms with van der Waals surface area (Å²) in [5.74, 6) is 0.500. The summed E-state index contributed by atoms with van der Waals surface area (Å²) in [6.45, 7) is 4.42. The Bertz CT molecular complexity index is 595. The highest BCUT2D eigenvalue weighted by molar-refractivity contribution is 9.09. The molecule has 0 aliphatic heterocycles. The Hall–Kier alpha value is -1.35. The Morgan fingerprint density at radius 1 is 1.05 bits per heavy atom. The molecule has 0 heterocycles. The van der Waals surface area contributed by atoms with Crippen LogP contribution in [0.3, 0.4) is 0 Å². The lowest BCUT2D eigenvalue weighted by Crippen LogP contribution is -1.97. The van der Waals surface area contributed by atoms with Crippen LogP contribution >= 0.6 is 15.9 Å². The second-order valence-electron chi connectivity index (χ2n) is 5.23. The molecule has 2 aromatic rings. The van der Waals surface area contributed by atoms with Gasteiger partial charge in [-0.25, -0.2) is 4.39 Å². The number of hydrogen-bond donors (Lipinski definition) is 0. The molecule has 0 amide bonds. The highest BCUT2D eigenvalue weighted by Gasteiger charge is 2.13. The summed E-state index contributed by atoms with van der Waals surface area (Å²) in [6.07, 6.45) is 1.13. The van der Waals surface area contributed by atoms with E-state index >= 15 is 0 Å². The molecule has 0 aromatic heterocycles. The average Bonchev–Trinajstić information content (AvgIpc) is 2.54. The fourth-order valence-corrected chi connectivity index (χ4v) is 2.85. The van der Waals surface area contributed by atoms with E-state index in [0.29, 0.717) is 5.92 Å². The Morgan fingerprint density at radius 3 is 2.19 bits per heavy atom. The van der Waals surface area contributed by atoms with Crippen molar-refractivity contribution in [3.8, 4) is 5.75 Å². The van der Waals surface area contributed by atoms with Gasteiger partial charge in [0.15, 0.2) is 11.6 Å². The van der Waals surface area contributed by atoms with Crippen LogP contribution in [-0.2, 0) is 0 Å². The minimum Gasteiger partial charge on any atom is -0.494 e. The van der Waals surface area contributed by atoms with Gasteiger partial charge in [0.2, 0.25) is 0 Å². The molecule has 0 aliphatic carbocycles. The first kappa shape index (κ1) is 16.0. The van der Waals surface area contributed by atoms with Gasteiger partial charge in [0.1, 0.15) is 0 Å². The van der Waals surface area contributed by atoms with Gasteiger partial charge in [-0.2, -0.15) is 0 Å². The second-order valence-corrected chi connectivity index (χ2v) is 6.15. The van der Waals surface area contributed by atoms with E-state index in [-0.39, 0.29) is 16.4 Å². The summed E-state index contributed by atoms with van der Waals surface area (Å²) in [4.78, 5) is 0.0259. The number of halogens is 2. The predicted molar refractivity (Wildman–Crippen MR) is 88.9 cm³/mol. The minimum absolute atomic E-state index is 0.0259. The van der Waals surface area contributed by atoms with E-state index in [2.05, 4.69) is 54.0 Å². The van der Waals surface area contributed by atoms with Crippen LogP contribution in [0.25, 0.3) is 0 Å². The Labute approximate surface area is 134 Å². The first-order chi connectivity index (χ1) is 10.1. The van der Waals surface area contributed by atoms with Crippen molar-refractivity contribution in [3.05, 3.63) is 65.0 Å². The third-order valence-electron chi connectivity index (χ3n) is 3.88. The SMILES string of the molecule is CCC(C)c1ccc(C(Br)c2ccc(F)c(OC)c2)cc1. The average molecular weight is 351 g/mol. The molecule has 0 saturated heterocycles. The molecule has 2 unspecified atom stereocenters. The fourth-order valence-electron chi connectivity index (χ4n) is 2.26. The molecule has 0 radical (unpaired) electrons. The molecule has 2 atom stereocenters. The van der Waals surface area contributed by atoms with Gasteiger partial charge >= 0.3 is 0 Å². The van der Waals surface area contributed by atoms with Gasteiger partial charge in [0.25, 0.3) is 0 Å². The maximum Gasteiger partial charge on any atom is 0.165 e. The van der Waals surface area contributed by atoms with Gasteiger partial charge < -0.3 is 4.74 Å². The molecule has 3 heteroatoms. The quantitative estimate of drug-likeness (QED) is 0.616. The third kappa shape index (κ3) is 3.65. The summed E-state index contributed by atoms with van der Waals surface area (Å²) in [5.41, 5.74) is 3.47. The van der Waals surface area contributed by atoms with Crippen LogP contribution in [0.1, 0.15) is 47.7 Å². The minimum atomic E-state index is -0.340. The zero-order chi connectivity index (χ0) is 15.4. The summed E-state index contributed by atoms with van der Waals surface area (Å²) in [6, 6.07) is 13.5. The van der Waals surface area contributed by atoms with Gasteiger partial charge in [0, 0.05) is 0 Å². The molecular weight excluding hydrogens is 331 g/mol. The smallest absolute Gasteiger partial charge is 0.165 e. The van der Waals surface area contributed by atoms with E-state index in [1.54, 1.807) is 12.1 Å². The topological polar surface area (TPSA) is 9.23 Å². The first-order valence-electron chi connectivity index (χ1n) is 7.14. The summed E-state index contributed by atoms with van der Waals surface area (Å²) >= 11 is 3.68. The van der Waals surface area contributed by atoms with E-state index in [0.717, 1.165) is 17.5 Å². The number of ether oxygens (including phenoxy) is 1. The zero-order valence-corrected chi connectivity index (χ0v) is 14.2. The largest absolute Gasteiger partial charge is 0.494 e. The first-order valence-corrected chi connectivity index (χ1v) is 8.05. The molecule has 0 N–H and O–H groups in total. The fraction of sp³-hybridized carbons (Fsp3) is 0.333. The highest BCUT2D eigenvalue weighted by atomic mass is 79.9. The summed E-state index contributed by atoms with van der Waals surface area (Å²) < 4.78 is 18.5. The van der Waals surface area contributed by atoms with Crippen LogP contribution in [0.2, 0.25) is 0 Å². The van der Waals surface area contributed by atoms with Crippen LogP contribution in [0.15, 0.2) is 42.5 Å². The molecule has 1 nitrogen and oxygen atoms in total.